The van der Waals surface area contributed by atoms with Gasteiger partial charge in [0.1, 0.15) is 5.69 Å². The number of rotatable bonds is 5. The maximum atomic E-state index is 12.9. The van der Waals surface area contributed by atoms with Crippen LogP contribution in [-0.2, 0) is 10.0 Å². The fourth-order valence-electron chi connectivity index (χ4n) is 3.67. The van der Waals surface area contributed by atoms with Gasteiger partial charge in [-0.25, -0.2) is 8.42 Å². The number of aromatic nitrogens is 1. The van der Waals surface area contributed by atoms with Crippen molar-refractivity contribution in [2.24, 2.45) is 0 Å². The van der Waals surface area contributed by atoms with Gasteiger partial charge in [-0.2, -0.15) is 4.31 Å². The zero-order valence-corrected chi connectivity index (χ0v) is 17.7. The van der Waals surface area contributed by atoms with E-state index >= 15 is 0 Å². The molecule has 0 spiro atoms. The Labute approximate surface area is 173 Å². The van der Waals surface area contributed by atoms with Crippen LogP contribution in [0.4, 0.5) is 5.69 Å². The summed E-state index contributed by atoms with van der Waals surface area (Å²) in [4.78, 5) is 39.3. The quantitative estimate of drug-likeness (QED) is 0.434. The van der Waals surface area contributed by atoms with E-state index in [0.29, 0.717) is 22.5 Å². The maximum Gasteiger partial charge on any atom is 0.270 e. The number of amides is 1. The maximum absolute atomic E-state index is 12.9. The van der Waals surface area contributed by atoms with Crippen LogP contribution < -0.4 is 0 Å². The molecular weight excluding hydrogens is 412 g/mol. The summed E-state index contributed by atoms with van der Waals surface area (Å²) in [5.74, 6) is -0.408. The van der Waals surface area contributed by atoms with Crippen molar-refractivity contribution in [2.75, 3.05) is 26.2 Å². The zero-order chi connectivity index (χ0) is 22.2. The Hall–Kier alpha value is -3.05. The Morgan fingerprint density at radius 3 is 2.10 bits per heavy atom. The van der Waals surface area contributed by atoms with Gasteiger partial charge in [0.2, 0.25) is 10.0 Å². The molecule has 0 saturated carbocycles. The third-order valence-electron chi connectivity index (χ3n) is 5.21. The summed E-state index contributed by atoms with van der Waals surface area (Å²) in [5.41, 5.74) is 1.86. The molecule has 0 unspecified atom stereocenters. The summed E-state index contributed by atoms with van der Waals surface area (Å²) in [6, 6.07) is 4.71. The van der Waals surface area contributed by atoms with Gasteiger partial charge in [-0.05, 0) is 38.5 Å². The normalized spacial score (nSPS) is 15.2. The third kappa shape index (κ3) is 3.85. The average molecular weight is 434 g/mol. The first-order valence-electron chi connectivity index (χ1n) is 9.28. The fourth-order valence-corrected chi connectivity index (χ4v) is 5.09. The molecule has 160 valence electrons. The first kappa shape index (κ1) is 21.7. The number of carbonyl (C=O) groups is 2. The van der Waals surface area contributed by atoms with Gasteiger partial charge in [-0.15, -0.1) is 0 Å². The number of nitro benzene ring substituents is 1. The van der Waals surface area contributed by atoms with Crippen LogP contribution in [0, 0.1) is 24.0 Å². The van der Waals surface area contributed by atoms with Crippen LogP contribution in [0.2, 0.25) is 0 Å². The zero-order valence-electron chi connectivity index (χ0n) is 16.8. The molecule has 1 aromatic carbocycles. The predicted molar refractivity (Wildman–Crippen MR) is 108 cm³/mol. The van der Waals surface area contributed by atoms with Crippen LogP contribution >= 0.6 is 0 Å². The number of ketones is 1. The van der Waals surface area contributed by atoms with E-state index in [1.165, 1.54) is 23.4 Å². The number of nitrogens with one attached hydrogen (secondary N) is 1. The van der Waals surface area contributed by atoms with Crippen LogP contribution in [0.15, 0.2) is 29.2 Å². The van der Waals surface area contributed by atoms with Crippen molar-refractivity contribution in [3.63, 3.8) is 0 Å². The minimum atomic E-state index is -3.82. The van der Waals surface area contributed by atoms with Gasteiger partial charge < -0.3 is 9.88 Å². The van der Waals surface area contributed by atoms with Gasteiger partial charge in [0.15, 0.2) is 5.78 Å². The molecule has 2 heterocycles. The number of aromatic amines is 1. The van der Waals surface area contributed by atoms with E-state index < -0.39 is 14.9 Å². The number of nitrogens with zero attached hydrogens (tertiary/aromatic N) is 3. The molecule has 2 aromatic rings. The van der Waals surface area contributed by atoms with E-state index in [9.17, 15) is 28.1 Å². The number of non-ortho nitro benzene ring substituents is 1. The lowest BCUT2D eigenvalue weighted by atomic mass is 10.1. The Bertz CT molecular complexity index is 1110. The van der Waals surface area contributed by atoms with Crippen LogP contribution in [-0.4, -0.2) is 65.4 Å². The number of H-pyrrole nitrogens is 1. The second kappa shape index (κ2) is 8.00. The second-order valence-electron chi connectivity index (χ2n) is 7.13. The molecule has 30 heavy (non-hydrogen) atoms. The first-order valence-corrected chi connectivity index (χ1v) is 10.7. The van der Waals surface area contributed by atoms with E-state index in [-0.39, 0.29) is 48.5 Å². The van der Waals surface area contributed by atoms with E-state index in [2.05, 4.69) is 4.98 Å². The SMILES string of the molecule is CC(=O)c1c(C)[nH]c(C(=O)N2CCN(S(=O)(=O)c3ccc([N+](=O)[O-])cc3)CC2)c1C. The highest BCUT2D eigenvalue weighted by Crippen LogP contribution is 2.23. The molecule has 1 saturated heterocycles. The van der Waals surface area contributed by atoms with Crippen molar-refractivity contribution in [1.82, 2.24) is 14.2 Å². The standard InChI is InChI=1S/C19H22N4O6S/c1-12-17(14(3)24)13(2)20-18(12)19(25)21-8-10-22(11-9-21)30(28,29)16-6-4-15(5-7-16)23(26)27/h4-7,20H,8-11H2,1-3H3. The van der Waals surface area contributed by atoms with Crippen molar-refractivity contribution in [2.45, 2.75) is 25.7 Å². The predicted octanol–water partition coefficient (Wildman–Crippen LogP) is 1.89. The number of aryl methyl sites for hydroxylation is 1. The first-order chi connectivity index (χ1) is 14.0. The summed E-state index contributed by atoms with van der Waals surface area (Å²) in [6.45, 7) is 5.47. The van der Waals surface area contributed by atoms with E-state index in [1.807, 2.05) is 0 Å². The Kier molecular flexibility index (Phi) is 5.77. The molecule has 0 bridgehead atoms. The Morgan fingerprint density at radius 2 is 1.63 bits per heavy atom. The number of hydrogen-bond acceptors (Lipinski definition) is 6. The van der Waals surface area contributed by atoms with E-state index in [4.69, 9.17) is 0 Å². The number of piperazine rings is 1. The van der Waals surface area contributed by atoms with Gasteiger partial charge in [-0.3, -0.25) is 19.7 Å². The van der Waals surface area contributed by atoms with E-state index in [1.54, 1.807) is 18.7 Å². The topological polar surface area (TPSA) is 134 Å². The molecule has 11 heteroatoms. The molecule has 3 rings (SSSR count). The number of sulfonamides is 1. The summed E-state index contributed by atoms with van der Waals surface area (Å²) >= 11 is 0. The molecule has 1 N–H and O–H groups in total. The summed E-state index contributed by atoms with van der Waals surface area (Å²) in [5, 5.41) is 10.8. The smallest absolute Gasteiger partial charge is 0.270 e. The van der Waals surface area contributed by atoms with Crippen LogP contribution in [0.5, 0.6) is 0 Å². The van der Waals surface area contributed by atoms with Crippen LogP contribution in [0.25, 0.3) is 0 Å². The molecule has 1 amide bonds. The largest absolute Gasteiger partial charge is 0.354 e. The summed E-state index contributed by atoms with van der Waals surface area (Å²) < 4.78 is 26.9. The lowest BCUT2D eigenvalue weighted by Crippen LogP contribution is -2.50. The Balaban J connectivity index is 1.73. The summed E-state index contributed by atoms with van der Waals surface area (Å²) in [6.07, 6.45) is 0. The molecule has 1 fully saturated rings. The van der Waals surface area contributed by atoms with Crippen molar-refractivity contribution < 1.29 is 22.9 Å². The summed E-state index contributed by atoms with van der Waals surface area (Å²) in [7, 11) is -3.82. The van der Waals surface area contributed by atoms with Gasteiger partial charge >= 0.3 is 0 Å². The molecule has 10 nitrogen and oxygen atoms in total. The number of Topliss-reactive ketones (excluding diaryl/α,β-unsaturated/α-hetero) is 1. The fraction of sp³-hybridized carbons (Fsp3) is 0.368. The van der Waals surface area contributed by atoms with Gasteiger partial charge in [0.25, 0.3) is 11.6 Å². The number of hydrogen-bond donors (Lipinski definition) is 1. The van der Waals surface area contributed by atoms with Crippen molar-refractivity contribution in [1.29, 1.82) is 0 Å². The van der Waals surface area contributed by atoms with Crippen LogP contribution in [0.1, 0.15) is 39.0 Å². The molecule has 0 radical (unpaired) electrons. The van der Waals surface area contributed by atoms with Crippen molar-refractivity contribution >= 4 is 27.4 Å². The third-order valence-corrected chi connectivity index (χ3v) is 7.13. The lowest BCUT2D eigenvalue weighted by molar-refractivity contribution is -0.384. The Morgan fingerprint density at radius 1 is 1.07 bits per heavy atom. The highest BCUT2D eigenvalue weighted by Gasteiger charge is 2.32. The second-order valence-corrected chi connectivity index (χ2v) is 9.07. The highest BCUT2D eigenvalue weighted by atomic mass is 32.2. The molecule has 1 aliphatic heterocycles. The van der Waals surface area contributed by atoms with Crippen LogP contribution in [0.3, 0.4) is 0 Å². The minimum absolute atomic E-state index is 0.0326. The monoisotopic (exact) mass is 434 g/mol. The average Bonchev–Trinajstić information content (AvgIpc) is 3.01. The highest BCUT2D eigenvalue weighted by molar-refractivity contribution is 7.89. The minimum Gasteiger partial charge on any atom is -0.354 e. The molecule has 0 aliphatic carbocycles. The molecule has 1 aromatic heterocycles. The molecule has 1 aliphatic rings. The molecular formula is C19H22N4O6S. The number of carbonyl (C=O) groups excluding carboxylic acids is 2. The van der Waals surface area contributed by atoms with Gasteiger partial charge in [0, 0.05) is 49.6 Å². The van der Waals surface area contributed by atoms with Gasteiger partial charge in [0.05, 0.1) is 9.82 Å². The van der Waals surface area contributed by atoms with E-state index in [0.717, 1.165) is 12.1 Å². The number of nitro groups is 1. The van der Waals surface area contributed by atoms with Crippen molar-refractivity contribution in [3.8, 4) is 0 Å². The number of benzene rings is 1. The van der Waals surface area contributed by atoms with Gasteiger partial charge in [-0.1, -0.05) is 0 Å². The lowest BCUT2D eigenvalue weighted by Gasteiger charge is -2.34. The van der Waals surface area contributed by atoms with Crippen molar-refractivity contribution in [3.05, 3.63) is 56.9 Å². The molecule has 0 atom stereocenters.